The van der Waals surface area contributed by atoms with Gasteiger partial charge in [-0.1, -0.05) is 59.7 Å². The van der Waals surface area contributed by atoms with E-state index in [0.29, 0.717) is 11.1 Å². The Kier molecular flexibility index (Phi) is 8.77. The first kappa shape index (κ1) is 35.8. The lowest BCUT2D eigenvalue weighted by molar-refractivity contribution is -0.343. The highest BCUT2D eigenvalue weighted by atomic mass is 28.4. The van der Waals surface area contributed by atoms with Crippen molar-refractivity contribution in [1.29, 1.82) is 0 Å². The zero-order chi connectivity index (χ0) is 35.9. The second-order valence-corrected chi connectivity index (χ2v) is 20.0. The van der Waals surface area contributed by atoms with E-state index in [4.69, 9.17) is 28.1 Å². The molecule has 2 saturated heterocycles. The van der Waals surface area contributed by atoms with Gasteiger partial charge in [0.2, 0.25) is 5.60 Å². The number of ether oxygens (including phenoxy) is 5. The van der Waals surface area contributed by atoms with E-state index in [1.54, 1.807) is 37.3 Å². The summed E-state index contributed by atoms with van der Waals surface area (Å²) in [6, 6.07) is 10.8. The van der Waals surface area contributed by atoms with Crippen molar-refractivity contribution in [3.05, 3.63) is 47.0 Å². The van der Waals surface area contributed by atoms with E-state index < -0.39 is 90.8 Å². The highest BCUT2D eigenvalue weighted by Gasteiger charge is 2.82. The van der Waals surface area contributed by atoms with Gasteiger partial charge in [-0.25, -0.2) is 9.59 Å². The van der Waals surface area contributed by atoms with E-state index in [-0.39, 0.29) is 24.4 Å². The van der Waals surface area contributed by atoms with Crippen molar-refractivity contribution < 1.29 is 52.4 Å². The number of ketones is 1. The highest BCUT2D eigenvalue weighted by Crippen LogP contribution is 2.67. The van der Waals surface area contributed by atoms with Crippen LogP contribution in [-0.2, 0) is 37.7 Å². The molecule has 1 aromatic carbocycles. The Labute approximate surface area is 289 Å². The van der Waals surface area contributed by atoms with Crippen molar-refractivity contribution in [2.75, 3.05) is 6.61 Å². The number of esters is 2. The molecule has 3 aliphatic carbocycles. The van der Waals surface area contributed by atoms with Crippen LogP contribution in [0.25, 0.3) is 0 Å². The van der Waals surface area contributed by atoms with Gasteiger partial charge in [0, 0.05) is 24.7 Å². The topological polar surface area (TPSA) is 144 Å². The van der Waals surface area contributed by atoms with Crippen LogP contribution in [0.5, 0.6) is 0 Å². The zero-order valence-electron chi connectivity index (χ0n) is 30.0. The first-order valence-electron chi connectivity index (χ1n) is 17.6. The van der Waals surface area contributed by atoms with Gasteiger partial charge in [0.15, 0.2) is 26.1 Å². The molecule has 6 rings (SSSR count). The standard InChI is InChI=1S/C37H50O11Si/c1-10-49(11-2,12-3)48-24-18-25-36(19-43-25,46-22(6)38)28-31(44-32(41)23-16-14-13-15-17-23)37-30(45-33(42)47-37)27(39)20(4)26(34(37,7)8)21(5)29(40)35(24,28)9/h13-17,21,24-25,27-28,30-31,39H,10-12,18-19H2,1-9H3/t21-,24+,25?,27-,28+,30+,31+,35-,36+,37-/m1/s1. The average Bonchev–Trinajstić information content (AvgIpc) is 3.44. The predicted molar refractivity (Wildman–Crippen MR) is 179 cm³/mol. The smallest absolute Gasteiger partial charge is 0.454 e. The molecular weight excluding hydrogens is 648 g/mol. The van der Waals surface area contributed by atoms with Gasteiger partial charge in [-0.05, 0) is 55.3 Å². The number of rotatable bonds is 8. The maximum Gasteiger partial charge on any atom is 0.509 e. The fraction of sp³-hybridized carbons (Fsp3) is 0.676. The van der Waals surface area contributed by atoms with E-state index in [1.807, 2.05) is 27.7 Å². The molecule has 10 atom stereocenters. The molecule has 268 valence electrons. The SMILES string of the molecule is CC[Si](CC)(CC)O[C@H]1CC2OC[C@@]2(OC(C)=O)[C@H]2[C@H](OC(=O)c3ccccc3)[C@]34OC(=O)O[C@H]3[C@H](O)C(C)=C([C@@H](C)C(=O)[C@]12C)C4(C)C. The molecule has 2 bridgehead atoms. The Morgan fingerprint density at radius 3 is 2.22 bits per heavy atom. The molecule has 0 radical (unpaired) electrons. The molecular formula is C37H50O11Si. The van der Waals surface area contributed by atoms with E-state index in [0.717, 1.165) is 18.1 Å². The lowest BCUT2D eigenvalue weighted by Gasteiger charge is -2.68. The molecule has 5 aliphatic rings. The molecule has 0 amide bonds. The summed E-state index contributed by atoms with van der Waals surface area (Å²) in [5.41, 5.74) is -4.68. The Balaban J connectivity index is 1.71. The number of Topliss-reactive ketones (excluding diaryl/α,β-unsaturated/α-hetero) is 1. The van der Waals surface area contributed by atoms with Gasteiger partial charge in [-0.2, -0.15) is 0 Å². The molecule has 2 heterocycles. The van der Waals surface area contributed by atoms with E-state index >= 15 is 4.79 Å². The van der Waals surface area contributed by atoms with Crippen LogP contribution in [0, 0.1) is 22.7 Å². The summed E-state index contributed by atoms with van der Waals surface area (Å²) < 4.78 is 38.5. The van der Waals surface area contributed by atoms with Gasteiger partial charge in [0.05, 0.1) is 29.6 Å². The van der Waals surface area contributed by atoms with Gasteiger partial charge in [-0.15, -0.1) is 0 Å². The fourth-order valence-corrected chi connectivity index (χ4v) is 13.3. The number of benzene rings is 1. The number of hydrogen-bond acceptors (Lipinski definition) is 11. The Morgan fingerprint density at radius 2 is 1.67 bits per heavy atom. The second kappa shape index (κ2) is 12.0. The molecule has 11 nitrogen and oxygen atoms in total. The summed E-state index contributed by atoms with van der Waals surface area (Å²) >= 11 is 0. The molecule has 1 unspecified atom stereocenters. The molecule has 2 aliphatic heterocycles. The van der Waals surface area contributed by atoms with Crippen molar-refractivity contribution in [3.8, 4) is 0 Å². The Hall–Kier alpha value is -3.06. The third kappa shape index (κ3) is 4.76. The van der Waals surface area contributed by atoms with Crippen LogP contribution in [0.15, 0.2) is 41.5 Å². The number of hydrogen-bond donors (Lipinski definition) is 1. The third-order valence-electron chi connectivity index (χ3n) is 13.0. The lowest BCUT2D eigenvalue weighted by Crippen LogP contribution is -2.83. The van der Waals surface area contributed by atoms with Crippen LogP contribution >= 0.6 is 0 Å². The van der Waals surface area contributed by atoms with Gasteiger partial charge in [0.1, 0.15) is 18.0 Å². The monoisotopic (exact) mass is 698 g/mol. The van der Waals surface area contributed by atoms with E-state index in [2.05, 4.69) is 20.8 Å². The van der Waals surface area contributed by atoms with Crippen LogP contribution in [0.4, 0.5) is 4.79 Å². The molecule has 49 heavy (non-hydrogen) atoms. The number of aliphatic hydroxyl groups is 1. The first-order valence-corrected chi connectivity index (χ1v) is 20.1. The van der Waals surface area contributed by atoms with Crippen LogP contribution < -0.4 is 0 Å². The average molecular weight is 699 g/mol. The molecule has 1 N–H and O–H groups in total. The maximum absolute atomic E-state index is 15.6. The number of fused-ring (bicyclic) bond motifs is 4. The minimum atomic E-state index is -2.40. The van der Waals surface area contributed by atoms with Crippen LogP contribution in [0.1, 0.15) is 79.1 Å². The van der Waals surface area contributed by atoms with Gasteiger partial charge >= 0.3 is 18.1 Å². The van der Waals surface area contributed by atoms with Crippen LogP contribution in [0.3, 0.4) is 0 Å². The van der Waals surface area contributed by atoms with Crippen molar-refractivity contribution in [3.63, 3.8) is 0 Å². The summed E-state index contributed by atoms with van der Waals surface area (Å²) in [7, 11) is -2.40. The summed E-state index contributed by atoms with van der Waals surface area (Å²) in [6.45, 7) is 16.6. The number of carbonyl (C=O) groups excluding carboxylic acids is 4. The molecule has 4 fully saturated rings. The predicted octanol–water partition coefficient (Wildman–Crippen LogP) is 5.54. The van der Waals surface area contributed by atoms with Gasteiger partial charge < -0.3 is 33.2 Å². The van der Waals surface area contributed by atoms with Gasteiger partial charge in [-0.3, -0.25) is 9.59 Å². The lowest BCUT2D eigenvalue weighted by atomic mass is 9.43. The highest BCUT2D eigenvalue weighted by molar-refractivity contribution is 6.73. The van der Waals surface area contributed by atoms with Crippen molar-refractivity contribution in [2.24, 2.45) is 22.7 Å². The molecule has 1 spiro atoms. The molecule has 2 saturated carbocycles. The van der Waals surface area contributed by atoms with E-state index in [9.17, 15) is 19.5 Å². The van der Waals surface area contributed by atoms with Crippen LogP contribution in [-0.4, -0.2) is 85.6 Å². The summed E-state index contributed by atoms with van der Waals surface area (Å²) in [4.78, 5) is 56.3. The fourth-order valence-electron chi connectivity index (χ4n) is 10.4. The Morgan fingerprint density at radius 1 is 1.04 bits per heavy atom. The normalized spacial score (nSPS) is 39.2. The van der Waals surface area contributed by atoms with Crippen molar-refractivity contribution >= 4 is 32.2 Å². The summed E-state index contributed by atoms with van der Waals surface area (Å²) in [6.07, 6.45) is -6.35. The van der Waals surface area contributed by atoms with Gasteiger partial charge in [0.25, 0.3) is 0 Å². The quantitative estimate of drug-likeness (QED) is 0.158. The molecule has 1 aromatic rings. The summed E-state index contributed by atoms with van der Waals surface area (Å²) in [5, 5.41) is 11.9. The minimum absolute atomic E-state index is 0.0799. The molecule has 0 aromatic heterocycles. The maximum atomic E-state index is 15.6. The minimum Gasteiger partial charge on any atom is -0.454 e. The first-order chi connectivity index (χ1) is 23.0. The van der Waals surface area contributed by atoms with Crippen molar-refractivity contribution in [1.82, 2.24) is 0 Å². The Bertz CT molecular complexity index is 1560. The molecule has 12 heteroatoms. The van der Waals surface area contributed by atoms with Crippen LogP contribution in [0.2, 0.25) is 18.1 Å². The number of carbonyl (C=O) groups is 4. The summed E-state index contributed by atoms with van der Waals surface area (Å²) in [5.74, 6) is -3.46. The third-order valence-corrected chi connectivity index (χ3v) is 17.7. The number of aliphatic hydroxyl groups excluding tert-OH is 1. The van der Waals surface area contributed by atoms with Crippen molar-refractivity contribution in [2.45, 2.75) is 129 Å². The zero-order valence-corrected chi connectivity index (χ0v) is 31.0. The second-order valence-electron chi connectivity index (χ2n) is 15.3. The largest absolute Gasteiger partial charge is 0.509 e. The van der Waals surface area contributed by atoms with E-state index in [1.165, 1.54) is 6.92 Å².